The van der Waals surface area contributed by atoms with Gasteiger partial charge < -0.3 is 28.8 Å². The minimum absolute atomic E-state index is 0.0576. The number of carbonyl (C=O) groups excluding carboxylic acids is 2. The lowest BCUT2D eigenvalue weighted by atomic mass is 9.93. The summed E-state index contributed by atoms with van der Waals surface area (Å²) >= 11 is 0. The molecule has 1 atom stereocenters. The zero-order valence-corrected chi connectivity index (χ0v) is 20.6. The number of esters is 1. The first-order valence-corrected chi connectivity index (χ1v) is 10.6. The lowest BCUT2D eigenvalue weighted by Crippen LogP contribution is -2.27. The van der Waals surface area contributed by atoms with Gasteiger partial charge in [-0.15, -0.1) is 20.2 Å². The molecule has 0 N–H and O–H groups in total. The van der Waals surface area contributed by atoms with E-state index in [1.165, 1.54) is 19.1 Å². The van der Waals surface area contributed by atoms with Gasteiger partial charge >= 0.3 is 12.1 Å². The number of unbranched alkanes of at least 4 members (excludes halogenated alkanes) is 1. The molecule has 14 nitrogen and oxygen atoms in total. The van der Waals surface area contributed by atoms with Gasteiger partial charge in [0.1, 0.15) is 12.4 Å². The summed E-state index contributed by atoms with van der Waals surface area (Å²) in [5.74, 6) is 0.0122. The summed E-state index contributed by atoms with van der Waals surface area (Å²) < 4.78 is 14.2. The molecule has 0 saturated carbocycles. The van der Waals surface area contributed by atoms with Gasteiger partial charge in [-0.2, -0.15) is 0 Å². The Morgan fingerprint density at radius 3 is 2.20 bits per heavy atom. The molecule has 14 heteroatoms. The van der Waals surface area contributed by atoms with E-state index in [1.807, 2.05) is 19.1 Å². The highest BCUT2D eigenvalue weighted by atomic mass is 17.0. The van der Waals surface area contributed by atoms with Crippen LogP contribution in [0.3, 0.4) is 0 Å². The zero-order chi connectivity index (χ0) is 26.8. The Labute approximate surface area is 203 Å². The van der Waals surface area contributed by atoms with E-state index in [0.29, 0.717) is 31.6 Å². The Kier molecular flexibility index (Phi) is 15.7. The fourth-order valence-electron chi connectivity index (χ4n) is 2.86. The average molecular weight is 504 g/mol. The first kappa shape index (κ1) is 31.2. The number of benzene rings is 1. The number of nitrogens with zero attached hydrogens (tertiary/aromatic N) is 3. The second-order valence-corrected chi connectivity index (χ2v) is 7.27. The van der Waals surface area contributed by atoms with Crippen LogP contribution in [0.1, 0.15) is 42.7 Å². The maximum absolute atomic E-state index is 11.3. The van der Waals surface area contributed by atoms with Crippen LogP contribution in [-0.2, 0) is 23.9 Å². The largest absolute Gasteiger partial charge is 0.497 e. The molecule has 1 aromatic rings. The van der Waals surface area contributed by atoms with Crippen molar-refractivity contribution < 1.29 is 43.6 Å². The van der Waals surface area contributed by atoms with Crippen LogP contribution in [0, 0.1) is 27.2 Å². The number of hydrogen-bond acceptors (Lipinski definition) is 11. The minimum atomic E-state index is -0.835. The predicted octanol–water partition coefficient (Wildman–Crippen LogP) is 2.92. The lowest BCUT2D eigenvalue weighted by Gasteiger charge is -2.17. The number of rotatable bonds is 14. The van der Waals surface area contributed by atoms with Crippen molar-refractivity contribution in [3.8, 4) is 5.75 Å². The average Bonchev–Trinajstić information content (AvgIpc) is 2.82. The van der Waals surface area contributed by atoms with E-state index >= 15 is 0 Å². The SMILES string of the molecule is COC(=O)CCC(CO[N+](=O)[O-])c1cc(C)cc(OC)c1.COC(=O)N(C)CCCCO[N+](=O)[O-]. The van der Waals surface area contributed by atoms with Gasteiger partial charge in [0.05, 0.1) is 27.9 Å². The number of aryl methyl sites for hydroxylation is 1. The zero-order valence-electron chi connectivity index (χ0n) is 20.6. The first-order chi connectivity index (χ1) is 16.5. The fraction of sp³-hybridized carbons (Fsp3) is 0.619. The summed E-state index contributed by atoms with van der Waals surface area (Å²) in [5, 5.41) is 18.5. The Hall–Kier alpha value is -3.84. The van der Waals surface area contributed by atoms with E-state index in [9.17, 15) is 29.8 Å². The summed E-state index contributed by atoms with van der Waals surface area (Å²) in [4.78, 5) is 52.2. The van der Waals surface area contributed by atoms with Crippen LogP contribution in [0.2, 0.25) is 0 Å². The van der Waals surface area contributed by atoms with Crippen molar-refractivity contribution in [2.45, 2.75) is 38.5 Å². The Morgan fingerprint density at radius 2 is 1.66 bits per heavy atom. The smallest absolute Gasteiger partial charge is 0.409 e. The molecule has 0 aliphatic heterocycles. The van der Waals surface area contributed by atoms with Crippen LogP contribution in [0.5, 0.6) is 5.75 Å². The maximum Gasteiger partial charge on any atom is 0.409 e. The van der Waals surface area contributed by atoms with E-state index < -0.39 is 16.3 Å². The second-order valence-electron chi connectivity index (χ2n) is 7.27. The Morgan fingerprint density at radius 1 is 1.00 bits per heavy atom. The van der Waals surface area contributed by atoms with Gasteiger partial charge in [0.15, 0.2) is 0 Å². The van der Waals surface area contributed by atoms with Crippen LogP contribution in [0.15, 0.2) is 18.2 Å². The van der Waals surface area contributed by atoms with Crippen LogP contribution < -0.4 is 4.74 Å². The third-order valence-corrected chi connectivity index (χ3v) is 4.66. The normalized spacial score (nSPS) is 10.7. The number of carbonyl (C=O) groups is 2. The van der Waals surface area contributed by atoms with E-state index in [-0.39, 0.29) is 31.5 Å². The lowest BCUT2D eigenvalue weighted by molar-refractivity contribution is -0.758. The van der Waals surface area contributed by atoms with Crippen LogP contribution in [-0.4, -0.2) is 75.3 Å². The number of hydrogen-bond donors (Lipinski definition) is 0. The highest BCUT2D eigenvalue weighted by Gasteiger charge is 2.17. The molecule has 0 aromatic heterocycles. The molecule has 0 aliphatic rings. The highest BCUT2D eigenvalue weighted by Crippen LogP contribution is 2.27. The summed E-state index contributed by atoms with van der Waals surface area (Å²) in [5.41, 5.74) is 1.80. The third kappa shape index (κ3) is 14.8. The predicted molar refractivity (Wildman–Crippen MR) is 122 cm³/mol. The van der Waals surface area contributed by atoms with Gasteiger partial charge in [0.25, 0.3) is 10.2 Å². The maximum atomic E-state index is 11.3. The van der Waals surface area contributed by atoms with E-state index in [1.54, 1.807) is 20.2 Å². The number of ether oxygens (including phenoxy) is 3. The molecule has 0 saturated heterocycles. The summed E-state index contributed by atoms with van der Waals surface area (Å²) in [6.45, 7) is 2.34. The van der Waals surface area contributed by atoms with Crippen LogP contribution in [0.25, 0.3) is 0 Å². The fourth-order valence-corrected chi connectivity index (χ4v) is 2.86. The molecule has 0 radical (unpaired) electrons. The summed E-state index contributed by atoms with van der Waals surface area (Å²) in [7, 11) is 5.75. The van der Waals surface area contributed by atoms with Crippen molar-refractivity contribution in [2.24, 2.45) is 0 Å². The van der Waals surface area contributed by atoms with Crippen molar-refractivity contribution in [1.29, 1.82) is 0 Å². The van der Waals surface area contributed by atoms with Crippen molar-refractivity contribution in [1.82, 2.24) is 4.90 Å². The molecule has 1 unspecified atom stereocenters. The van der Waals surface area contributed by atoms with Crippen LogP contribution >= 0.6 is 0 Å². The topological polar surface area (TPSA) is 170 Å². The van der Waals surface area contributed by atoms with Gasteiger partial charge in [0.2, 0.25) is 0 Å². The number of methoxy groups -OCH3 is 3. The Balaban J connectivity index is 0.000000720. The molecule has 0 heterocycles. The van der Waals surface area contributed by atoms with Crippen LogP contribution in [0.4, 0.5) is 4.79 Å². The van der Waals surface area contributed by atoms with Crippen molar-refractivity contribution >= 4 is 12.1 Å². The second kappa shape index (κ2) is 17.6. The van der Waals surface area contributed by atoms with Crippen molar-refractivity contribution in [2.75, 3.05) is 48.1 Å². The van der Waals surface area contributed by atoms with Crippen molar-refractivity contribution in [3.05, 3.63) is 49.6 Å². The monoisotopic (exact) mass is 503 g/mol. The summed E-state index contributed by atoms with van der Waals surface area (Å²) in [6.07, 6.45) is 1.31. The van der Waals surface area contributed by atoms with Gasteiger partial charge in [0, 0.05) is 25.9 Å². The standard InChI is InChI=1S/C14H19NO6.C7H14N2O5/c1-10-6-12(8-13(7-10)19-2)11(9-21-15(17)18)4-5-14(16)20-3;1-8(7(10)13-2)5-3-4-6-14-9(11)12/h6-8,11H,4-5,9H2,1-3H3;3-6H2,1-2H3. The number of amides is 1. The molecule has 198 valence electrons. The molecule has 0 aliphatic carbocycles. The highest BCUT2D eigenvalue weighted by molar-refractivity contribution is 5.69. The van der Waals surface area contributed by atoms with Gasteiger partial charge in [-0.1, -0.05) is 6.07 Å². The molecule has 35 heavy (non-hydrogen) atoms. The van der Waals surface area contributed by atoms with Gasteiger partial charge in [-0.05, 0) is 49.4 Å². The minimum Gasteiger partial charge on any atom is -0.497 e. The quantitative estimate of drug-likeness (QED) is 0.158. The molecule has 0 bridgehead atoms. The molecule has 1 amide bonds. The first-order valence-electron chi connectivity index (χ1n) is 10.6. The third-order valence-electron chi connectivity index (χ3n) is 4.66. The molecular weight excluding hydrogens is 470 g/mol. The van der Waals surface area contributed by atoms with E-state index in [0.717, 1.165) is 11.1 Å². The van der Waals surface area contributed by atoms with E-state index in [2.05, 4.69) is 19.1 Å². The molecule has 1 rings (SSSR count). The molecule has 1 aromatic carbocycles. The van der Waals surface area contributed by atoms with Gasteiger partial charge in [-0.3, -0.25) is 4.79 Å². The molecule has 0 fully saturated rings. The molecular formula is C21H33N3O11. The summed E-state index contributed by atoms with van der Waals surface area (Å²) in [6, 6.07) is 5.54. The Bertz CT molecular complexity index is 820. The van der Waals surface area contributed by atoms with Gasteiger partial charge in [-0.25, -0.2) is 4.79 Å². The van der Waals surface area contributed by atoms with Crippen molar-refractivity contribution in [3.63, 3.8) is 0 Å². The molecule has 0 spiro atoms. The van der Waals surface area contributed by atoms with E-state index in [4.69, 9.17) is 4.74 Å².